The monoisotopic (exact) mass is 305 g/mol. The van der Waals surface area contributed by atoms with E-state index in [0.717, 1.165) is 11.4 Å². The number of hydrogen-bond donors (Lipinski definition) is 2. The summed E-state index contributed by atoms with van der Waals surface area (Å²) in [5, 5.41) is 19.9. The summed E-state index contributed by atoms with van der Waals surface area (Å²) < 4.78 is 3.15. The molecule has 0 aromatic carbocycles. The second-order valence-corrected chi connectivity index (χ2v) is 5.10. The minimum atomic E-state index is -1.17. The molecule has 0 radical (unpaired) electrons. The summed E-state index contributed by atoms with van der Waals surface area (Å²) in [4.78, 5) is 23.1. The molecule has 1 amide bonds. The average molecular weight is 305 g/mol. The highest BCUT2D eigenvalue weighted by Gasteiger charge is 2.21. The SMILES string of the molecule is Cc1cc(C)n(CCCNC(=O)c2c(C(=O)O)cnn2C)n1. The highest BCUT2D eigenvalue weighted by molar-refractivity contribution is 6.03. The molecule has 0 aliphatic rings. The normalized spacial score (nSPS) is 10.7. The number of carboxylic acids is 1. The molecule has 22 heavy (non-hydrogen) atoms. The van der Waals surface area contributed by atoms with Gasteiger partial charge in [-0.2, -0.15) is 10.2 Å². The number of nitrogens with one attached hydrogen (secondary N) is 1. The summed E-state index contributed by atoms with van der Waals surface area (Å²) in [5.74, 6) is -1.60. The number of aryl methyl sites for hydroxylation is 4. The Balaban J connectivity index is 1.90. The van der Waals surface area contributed by atoms with Gasteiger partial charge >= 0.3 is 5.97 Å². The molecular formula is C14H19N5O3. The fourth-order valence-electron chi connectivity index (χ4n) is 2.28. The molecule has 118 valence electrons. The van der Waals surface area contributed by atoms with Crippen LogP contribution in [0.25, 0.3) is 0 Å². The molecule has 0 atom stereocenters. The zero-order valence-electron chi connectivity index (χ0n) is 12.8. The van der Waals surface area contributed by atoms with Crippen LogP contribution in [0.2, 0.25) is 0 Å². The Morgan fingerprint density at radius 1 is 1.36 bits per heavy atom. The first-order valence-electron chi connectivity index (χ1n) is 6.94. The molecule has 2 heterocycles. The predicted molar refractivity (Wildman–Crippen MR) is 78.8 cm³/mol. The number of hydrogen-bond acceptors (Lipinski definition) is 4. The van der Waals surface area contributed by atoms with Crippen LogP contribution in [0.5, 0.6) is 0 Å². The Kier molecular flexibility index (Phi) is 4.59. The van der Waals surface area contributed by atoms with Crippen LogP contribution in [0, 0.1) is 13.8 Å². The van der Waals surface area contributed by atoms with Gasteiger partial charge in [0.25, 0.3) is 5.91 Å². The van der Waals surface area contributed by atoms with E-state index in [1.165, 1.54) is 17.9 Å². The molecule has 8 heteroatoms. The number of aromatic carboxylic acids is 1. The molecule has 0 saturated heterocycles. The van der Waals surface area contributed by atoms with Crippen LogP contribution in [-0.4, -0.2) is 43.1 Å². The third-order valence-corrected chi connectivity index (χ3v) is 3.32. The van der Waals surface area contributed by atoms with Crippen LogP contribution in [0.15, 0.2) is 12.3 Å². The van der Waals surface area contributed by atoms with E-state index < -0.39 is 11.9 Å². The van der Waals surface area contributed by atoms with Gasteiger partial charge in [0.15, 0.2) is 0 Å². The van der Waals surface area contributed by atoms with Gasteiger partial charge in [-0.1, -0.05) is 0 Å². The molecule has 0 unspecified atom stereocenters. The Labute approximate surface area is 127 Å². The molecule has 0 bridgehead atoms. The zero-order chi connectivity index (χ0) is 16.3. The number of carboxylic acid groups (broad SMARTS) is 1. The van der Waals surface area contributed by atoms with Crippen molar-refractivity contribution in [3.63, 3.8) is 0 Å². The van der Waals surface area contributed by atoms with Crippen molar-refractivity contribution < 1.29 is 14.7 Å². The van der Waals surface area contributed by atoms with Gasteiger partial charge in [0, 0.05) is 25.8 Å². The van der Waals surface area contributed by atoms with Crippen LogP contribution < -0.4 is 5.32 Å². The van der Waals surface area contributed by atoms with Crippen molar-refractivity contribution in [3.8, 4) is 0 Å². The first-order chi connectivity index (χ1) is 10.4. The first kappa shape index (κ1) is 15.7. The second-order valence-electron chi connectivity index (χ2n) is 5.10. The minimum absolute atomic E-state index is 0.0543. The molecule has 0 aliphatic heterocycles. The Morgan fingerprint density at radius 3 is 2.68 bits per heavy atom. The van der Waals surface area contributed by atoms with Gasteiger partial charge in [0.2, 0.25) is 0 Å². The average Bonchev–Trinajstić information content (AvgIpc) is 2.97. The van der Waals surface area contributed by atoms with Gasteiger partial charge < -0.3 is 10.4 Å². The second kappa shape index (κ2) is 6.42. The fraction of sp³-hybridized carbons (Fsp3) is 0.429. The molecule has 0 saturated carbocycles. The third-order valence-electron chi connectivity index (χ3n) is 3.32. The lowest BCUT2D eigenvalue weighted by atomic mass is 10.2. The van der Waals surface area contributed by atoms with E-state index in [4.69, 9.17) is 5.11 Å². The summed E-state index contributed by atoms with van der Waals surface area (Å²) in [5.41, 5.74) is 1.99. The Hall–Kier alpha value is -2.64. The number of amides is 1. The van der Waals surface area contributed by atoms with Gasteiger partial charge in [-0.15, -0.1) is 0 Å². The topological polar surface area (TPSA) is 102 Å². The molecule has 2 aromatic heterocycles. The number of nitrogens with zero attached hydrogens (tertiary/aromatic N) is 4. The maximum absolute atomic E-state index is 12.1. The summed E-state index contributed by atoms with van der Waals surface area (Å²) in [7, 11) is 1.54. The zero-order valence-corrected chi connectivity index (χ0v) is 12.8. The molecule has 0 spiro atoms. The largest absolute Gasteiger partial charge is 0.478 e. The summed E-state index contributed by atoms with van der Waals surface area (Å²) in [6, 6.07) is 1.99. The molecule has 0 fully saturated rings. The lowest BCUT2D eigenvalue weighted by molar-refractivity contribution is 0.0690. The van der Waals surface area contributed by atoms with Crippen molar-refractivity contribution in [3.05, 3.63) is 34.9 Å². The number of carbonyl (C=O) groups excluding carboxylic acids is 1. The lowest BCUT2D eigenvalue weighted by Crippen LogP contribution is -2.29. The van der Waals surface area contributed by atoms with E-state index in [2.05, 4.69) is 15.5 Å². The predicted octanol–water partition coefficient (Wildman–Crippen LogP) is 0.752. The quantitative estimate of drug-likeness (QED) is 0.767. The number of rotatable bonds is 6. The standard InChI is InChI=1S/C14H19N5O3/c1-9-7-10(2)19(17-9)6-4-5-15-13(20)12-11(14(21)22)8-16-18(12)3/h7-8H,4-6H2,1-3H3,(H,15,20)(H,21,22). The molecule has 2 N–H and O–H groups in total. The summed E-state index contributed by atoms with van der Waals surface area (Å²) in [6.07, 6.45) is 1.88. The van der Waals surface area contributed by atoms with Crippen molar-refractivity contribution in [1.29, 1.82) is 0 Å². The number of aromatic nitrogens is 4. The van der Waals surface area contributed by atoms with Crippen LogP contribution in [0.3, 0.4) is 0 Å². The van der Waals surface area contributed by atoms with Crippen LogP contribution in [-0.2, 0) is 13.6 Å². The number of carbonyl (C=O) groups is 2. The van der Waals surface area contributed by atoms with E-state index >= 15 is 0 Å². The van der Waals surface area contributed by atoms with Gasteiger partial charge in [-0.05, 0) is 26.3 Å². The van der Waals surface area contributed by atoms with Crippen molar-refractivity contribution >= 4 is 11.9 Å². The van der Waals surface area contributed by atoms with E-state index in [-0.39, 0.29) is 11.3 Å². The van der Waals surface area contributed by atoms with Crippen molar-refractivity contribution in [2.24, 2.45) is 7.05 Å². The molecule has 8 nitrogen and oxygen atoms in total. The van der Waals surface area contributed by atoms with E-state index in [9.17, 15) is 9.59 Å². The lowest BCUT2D eigenvalue weighted by Gasteiger charge is -2.07. The molecular weight excluding hydrogens is 286 g/mol. The Bertz CT molecular complexity index is 701. The maximum Gasteiger partial charge on any atom is 0.339 e. The van der Waals surface area contributed by atoms with Gasteiger partial charge in [0.05, 0.1) is 11.9 Å². The van der Waals surface area contributed by atoms with E-state index in [1.54, 1.807) is 0 Å². The van der Waals surface area contributed by atoms with E-state index in [1.807, 2.05) is 24.6 Å². The van der Waals surface area contributed by atoms with Gasteiger partial charge in [-0.3, -0.25) is 14.2 Å². The highest BCUT2D eigenvalue weighted by atomic mass is 16.4. The van der Waals surface area contributed by atoms with Crippen molar-refractivity contribution in [2.45, 2.75) is 26.8 Å². The summed E-state index contributed by atoms with van der Waals surface area (Å²) >= 11 is 0. The van der Waals surface area contributed by atoms with Crippen LogP contribution in [0.1, 0.15) is 38.7 Å². The minimum Gasteiger partial charge on any atom is -0.478 e. The van der Waals surface area contributed by atoms with Gasteiger partial charge in [0.1, 0.15) is 11.3 Å². The van der Waals surface area contributed by atoms with E-state index in [0.29, 0.717) is 19.5 Å². The van der Waals surface area contributed by atoms with Crippen LogP contribution >= 0.6 is 0 Å². The van der Waals surface area contributed by atoms with Gasteiger partial charge in [-0.25, -0.2) is 4.79 Å². The van der Waals surface area contributed by atoms with Crippen molar-refractivity contribution in [2.75, 3.05) is 6.54 Å². The third kappa shape index (κ3) is 3.33. The molecule has 2 rings (SSSR count). The first-order valence-corrected chi connectivity index (χ1v) is 6.94. The molecule has 0 aliphatic carbocycles. The highest BCUT2D eigenvalue weighted by Crippen LogP contribution is 2.07. The molecule has 2 aromatic rings. The Morgan fingerprint density at radius 2 is 2.09 bits per heavy atom. The van der Waals surface area contributed by atoms with Crippen LogP contribution in [0.4, 0.5) is 0 Å². The summed E-state index contributed by atoms with van der Waals surface area (Å²) in [6.45, 7) is 5.03. The fourth-order valence-corrected chi connectivity index (χ4v) is 2.28. The van der Waals surface area contributed by atoms with Crippen molar-refractivity contribution in [1.82, 2.24) is 24.9 Å². The maximum atomic E-state index is 12.1. The smallest absolute Gasteiger partial charge is 0.339 e.